The molecule has 1 aliphatic rings. The summed E-state index contributed by atoms with van der Waals surface area (Å²) in [5, 5.41) is 8.04. The molecule has 3 rings (SSSR count). The van der Waals surface area contributed by atoms with Crippen molar-refractivity contribution in [3.05, 3.63) is 30.2 Å². The summed E-state index contributed by atoms with van der Waals surface area (Å²) in [6, 6.07) is 7.33. The molecule has 0 N–H and O–H groups in total. The summed E-state index contributed by atoms with van der Waals surface area (Å²) in [5.41, 5.74) is 0.792. The van der Waals surface area contributed by atoms with Gasteiger partial charge in [-0.05, 0) is 44.0 Å². The minimum absolute atomic E-state index is 0.00480. The number of ether oxygens (including phenoxy) is 2. The third kappa shape index (κ3) is 3.75. The van der Waals surface area contributed by atoms with Gasteiger partial charge in [0.25, 0.3) is 5.89 Å². The van der Waals surface area contributed by atoms with E-state index in [1.54, 1.807) is 14.0 Å². The second-order valence-electron chi connectivity index (χ2n) is 6.09. The Morgan fingerprint density at radius 3 is 2.54 bits per heavy atom. The van der Waals surface area contributed by atoms with Gasteiger partial charge in [0.05, 0.1) is 13.0 Å². The Kier molecular flexibility index (Phi) is 5.13. The highest BCUT2D eigenvalue weighted by Gasteiger charge is 2.26. The van der Waals surface area contributed by atoms with Crippen molar-refractivity contribution in [2.75, 3.05) is 7.11 Å². The third-order valence-electron chi connectivity index (χ3n) is 4.36. The van der Waals surface area contributed by atoms with E-state index in [9.17, 15) is 4.79 Å². The zero-order valence-corrected chi connectivity index (χ0v) is 14.0. The molecule has 1 aromatic carbocycles. The molecule has 0 amide bonds. The summed E-state index contributed by atoms with van der Waals surface area (Å²) in [7, 11) is 1.61. The minimum atomic E-state index is -0.543. The molecule has 1 fully saturated rings. The average Bonchev–Trinajstić information content (AvgIpc) is 3.13. The molecule has 0 saturated heterocycles. The number of carbonyl (C=O) groups is 1. The van der Waals surface area contributed by atoms with Crippen molar-refractivity contribution in [3.8, 4) is 17.2 Å². The predicted molar refractivity (Wildman–Crippen MR) is 87.4 cm³/mol. The fourth-order valence-corrected chi connectivity index (χ4v) is 2.91. The Morgan fingerprint density at radius 1 is 1.17 bits per heavy atom. The number of hydrogen-bond donors (Lipinski definition) is 0. The molecule has 0 aliphatic heterocycles. The van der Waals surface area contributed by atoms with Crippen LogP contribution in [-0.4, -0.2) is 23.3 Å². The number of esters is 1. The lowest BCUT2D eigenvalue weighted by molar-refractivity contribution is -0.155. The first-order valence-electron chi connectivity index (χ1n) is 8.35. The molecular weight excluding hydrogens is 308 g/mol. The molecular formula is C18H22N2O4. The van der Waals surface area contributed by atoms with Crippen molar-refractivity contribution in [2.45, 2.75) is 45.1 Å². The maximum atomic E-state index is 12.2. The molecule has 1 aliphatic carbocycles. The first-order valence-corrected chi connectivity index (χ1v) is 8.35. The number of methoxy groups -OCH3 is 1. The minimum Gasteiger partial charge on any atom is -0.497 e. The van der Waals surface area contributed by atoms with E-state index >= 15 is 0 Å². The molecule has 1 aromatic heterocycles. The summed E-state index contributed by atoms with van der Waals surface area (Å²) >= 11 is 0. The van der Waals surface area contributed by atoms with Crippen molar-refractivity contribution >= 4 is 5.97 Å². The second kappa shape index (κ2) is 7.47. The lowest BCUT2D eigenvalue weighted by Gasteiger charge is -2.21. The van der Waals surface area contributed by atoms with Gasteiger partial charge < -0.3 is 13.9 Å². The van der Waals surface area contributed by atoms with E-state index < -0.39 is 6.10 Å². The summed E-state index contributed by atoms with van der Waals surface area (Å²) in [5.74, 6) is 1.31. The number of rotatable bonds is 5. The molecule has 0 unspecified atom stereocenters. The van der Waals surface area contributed by atoms with Crippen molar-refractivity contribution in [3.63, 3.8) is 0 Å². The van der Waals surface area contributed by atoms with E-state index in [1.165, 1.54) is 6.42 Å². The van der Waals surface area contributed by atoms with Crippen LogP contribution in [0.25, 0.3) is 11.5 Å². The largest absolute Gasteiger partial charge is 0.497 e. The van der Waals surface area contributed by atoms with Crippen molar-refractivity contribution < 1.29 is 18.7 Å². The Balaban J connectivity index is 1.64. The number of nitrogens with zero attached hydrogens (tertiary/aromatic N) is 2. The SMILES string of the molecule is COc1ccc(-c2nnc([C@H](C)OC(=O)C3CCCCC3)o2)cc1. The summed E-state index contributed by atoms with van der Waals surface area (Å²) in [6.45, 7) is 1.76. The summed E-state index contributed by atoms with van der Waals surface area (Å²) < 4.78 is 16.3. The van der Waals surface area contributed by atoms with E-state index in [0.29, 0.717) is 11.8 Å². The van der Waals surface area contributed by atoms with E-state index in [2.05, 4.69) is 10.2 Å². The van der Waals surface area contributed by atoms with Crippen molar-refractivity contribution in [1.29, 1.82) is 0 Å². The normalized spacial score (nSPS) is 16.6. The molecule has 2 aromatic rings. The van der Waals surface area contributed by atoms with Gasteiger partial charge in [-0.1, -0.05) is 19.3 Å². The van der Waals surface area contributed by atoms with Crippen LogP contribution in [0.1, 0.15) is 51.0 Å². The standard InChI is InChI=1S/C18H22N2O4/c1-12(23-18(21)14-6-4-3-5-7-14)16-19-20-17(24-16)13-8-10-15(22-2)11-9-13/h8-12,14H,3-7H2,1-2H3/t12-/m0/s1. The molecule has 6 heteroatoms. The Labute approximate surface area is 141 Å². The third-order valence-corrected chi connectivity index (χ3v) is 4.36. The number of carbonyl (C=O) groups excluding carboxylic acids is 1. The van der Waals surface area contributed by atoms with E-state index in [4.69, 9.17) is 13.9 Å². The molecule has 1 atom stereocenters. The van der Waals surface area contributed by atoms with Gasteiger partial charge >= 0.3 is 5.97 Å². The second-order valence-corrected chi connectivity index (χ2v) is 6.09. The van der Waals surface area contributed by atoms with Crippen LogP contribution in [0.5, 0.6) is 5.75 Å². The van der Waals surface area contributed by atoms with Crippen LogP contribution in [-0.2, 0) is 9.53 Å². The van der Waals surface area contributed by atoms with Gasteiger partial charge in [0.2, 0.25) is 5.89 Å². The highest BCUT2D eigenvalue weighted by molar-refractivity contribution is 5.72. The monoisotopic (exact) mass is 330 g/mol. The Morgan fingerprint density at radius 2 is 1.88 bits per heavy atom. The first-order chi connectivity index (χ1) is 11.7. The first kappa shape index (κ1) is 16.5. The fourth-order valence-electron chi connectivity index (χ4n) is 2.91. The van der Waals surface area contributed by atoms with Gasteiger partial charge in [0.15, 0.2) is 6.10 Å². The van der Waals surface area contributed by atoms with Gasteiger partial charge in [-0.15, -0.1) is 10.2 Å². The average molecular weight is 330 g/mol. The molecule has 24 heavy (non-hydrogen) atoms. The molecule has 0 spiro atoms. The smallest absolute Gasteiger partial charge is 0.309 e. The van der Waals surface area contributed by atoms with Gasteiger partial charge in [0.1, 0.15) is 5.75 Å². The molecule has 1 heterocycles. The van der Waals surface area contributed by atoms with Crippen LogP contribution in [0.3, 0.4) is 0 Å². The van der Waals surface area contributed by atoms with E-state index in [0.717, 1.165) is 37.0 Å². The van der Waals surface area contributed by atoms with Crippen LogP contribution in [0, 0.1) is 5.92 Å². The van der Waals surface area contributed by atoms with E-state index in [1.807, 2.05) is 24.3 Å². The molecule has 1 saturated carbocycles. The molecule has 6 nitrogen and oxygen atoms in total. The van der Waals surface area contributed by atoms with Gasteiger partial charge in [0, 0.05) is 5.56 Å². The van der Waals surface area contributed by atoms with Gasteiger partial charge in [-0.2, -0.15) is 0 Å². The van der Waals surface area contributed by atoms with Gasteiger partial charge in [-0.3, -0.25) is 4.79 Å². The number of aromatic nitrogens is 2. The van der Waals surface area contributed by atoms with Gasteiger partial charge in [-0.25, -0.2) is 0 Å². The van der Waals surface area contributed by atoms with Crippen LogP contribution in [0.2, 0.25) is 0 Å². The summed E-state index contributed by atoms with van der Waals surface area (Å²) in [6.07, 6.45) is 4.67. The Hall–Kier alpha value is -2.37. The predicted octanol–water partition coefficient (Wildman–Crippen LogP) is 3.93. The quantitative estimate of drug-likeness (QED) is 0.773. The lowest BCUT2D eigenvalue weighted by Crippen LogP contribution is -2.21. The maximum absolute atomic E-state index is 12.2. The Bertz CT molecular complexity index is 675. The molecule has 0 bridgehead atoms. The van der Waals surface area contributed by atoms with Crippen LogP contribution in [0.4, 0.5) is 0 Å². The van der Waals surface area contributed by atoms with E-state index in [-0.39, 0.29) is 11.9 Å². The molecule has 0 radical (unpaired) electrons. The highest BCUT2D eigenvalue weighted by atomic mass is 16.6. The molecule has 128 valence electrons. The fraction of sp³-hybridized carbons (Fsp3) is 0.500. The summed E-state index contributed by atoms with van der Waals surface area (Å²) in [4.78, 5) is 12.2. The van der Waals surface area contributed by atoms with Crippen molar-refractivity contribution in [2.24, 2.45) is 5.92 Å². The number of benzene rings is 1. The van der Waals surface area contributed by atoms with Crippen LogP contribution >= 0.6 is 0 Å². The van der Waals surface area contributed by atoms with Crippen molar-refractivity contribution in [1.82, 2.24) is 10.2 Å². The maximum Gasteiger partial charge on any atom is 0.309 e. The van der Waals surface area contributed by atoms with Crippen LogP contribution in [0.15, 0.2) is 28.7 Å². The van der Waals surface area contributed by atoms with Crippen LogP contribution < -0.4 is 4.74 Å². The zero-order chi connectivity index (χ0) is 16.9. The number of hydrogen-bond acceptors (Lipinski definition) is 6. The highest BCUT2D eigenvalue weighted by Crippen LogP contribution is 2.28. The topological polar surface area (TPSA) is 74.5 Å². The zero-order valence-electron chi connectivity index (χ0n) is 14.0. The lowest BCUT2D eigenvalue weighted by atomic mass is 9.89.